The number of alkyl halides is 1. The Morgan fingerprint density at radius 3 is 2.58 bits per heavy atom. The van der Waals surface area contributed by atoms with Gasteiger partial charge >= 0.3 is 0 Å². The fourth-order valence-corrected chi connectivity index (χ4v) is 1.67. The van der Waals surface area contributed by atoms with Crippen LogP contribution in [-0.4, -0.2) is 5.91 Å². The van der Waals surface area contributed by atoms with Crippen LogP contribution >= 0.6 is 27.5 Å². The highest BCUT2D eigenvalue weighted by Crippen LogP contribution is 2.27. The van der Waals surface area contributed by atoms with Gasteiger partial charge in [-0.1, -0.05) is 34.1 Å². The van der Waals surface area contributed by atoms with Crippen molar-refractivity contribution in [3.63, 3.8) is 0 Å². The molecule has 0 aliphatic carbocycles. The van der Waals surface area contributed by atoms with Gasteiger partial charge in [-0.05, 0) is 11.6 Å². The Labute approximate surface area is 83.8 Å². The molecule has 1 aromatic carbocycles. The Kier molecular flexibility index (Phi) is 3.12. The average Bonchev–Trinajstić information content (AvgIpc) is 2.04. The summed E-state index contributed by atoms with van der Waals surface area (Å²) in [5.41, 5.74) is 5.75. The van der Waals surface area contributed by atoms with Crippen molar-refractivity contribution in [1.29, 1.82) is 0 Å². The van der Waals surface area contributed by atoms with Crippen LogP contribution in [0.4, 0.5) is 0 Å². The highest BCUT2D eigenvalue weighted by molar-refractivity contribution is 9.10. The lowest BCUT2D eigenvalue weighted by molar-refractivity contribution is -0.117. The second kappa shape index (κ2) is 3.92. The molecule has 0 aliphatic rings. The lowest BCUT2D eigenvalue weighted by atomic mass is 10.1. The third-order valence-corrected chi connectivity index (χ3v) is 2.60. The second-order valence-corrected chi connectivity index (χ2v) is 3.58. The number of halogens is 2. The minimum atomic E-state index is -0.763. The van der Waals surface area contributed by atoms with Crippen LogP contribution < -0.4 is 5.73 Å². The van der Waals surface area contributed by atoms with E-state index < -0.39 is 11.3 Å². The van der Waals surface area contributed by atoms with Crippen LogP contribution in [0.15, 0.2) is 28.7 Å². The molecule has 1 atom stereocenters. The van der Waals surface area contributed by atoms with Crippen molar-refractivity contribution >= 4 is 33.4 Å². The molecule has 0 saturated heterocycles. The number of carbonyl (C=O) groups excluding carboxylic acids is 1. The summed E-state index contributed by atoms with van der Waals surface area (Å²) in [6, 6.07) is 7.22. The monoisotopic (exact) mass is 247 g/mol. The normalized spacial score (nSPS) is 12.5. The highest BCUT2D eigenvalue weighted by Gasteiger charge is 2.15. The molecule has 0 aromatic heterocycles. The first-order valence-electron chi connectivity index (χ1n) is 3.30. The number of amides is 1. The number of nitrogens with two attached hydrogens (primary N) is 1. The lowest BCUT2D eigenvalue weighted by Crippen LogP contribution is -2.17. The van der Waals surface area contributed by atoms with E-state index in [9.17, 15) is 4.79 Å². The zero-order valence-electron chi connectivity index (χ0n) is 6.13. The minimum Gasteiger partial charge on any atom is -0.368 e. The molecule has 2 nitrogen and oxygen atoms in total. The standard InChI is InChI=1S/C8H7BrClNO/c9-6-4-2-1-3-5(6)7(10)8(11)12/h1-4,7H,(H2,11,12). The topological polar surface area (TPSA) is 43.1 Å². The first-order valence-corrected chi connectivity index (χ1v) is 4.53. The molecule has 0 bridgehead atoms. The maximum Gasteiger partial charge on any atom is 0.240 e. The molecule has 1 aromatic rings. The number of hydrogen-bond donors (Lipinski definition) is 1. The quantitative estimate of drug-likeness (QED) is 0.801. The van der Waals surface area contributed by atoms with Crippen molar-refractivity contribution in [2.24, 2.45) is 5.73 Å². The molecule has 0 heterocycles. The van der Waals surface area contributed by atoms with Gasteiger partial charge in [-0.3, -0.25) is 4.79 Å². The van der Waals surface area contributed by atoms with E-state index in [2.05, 4.69) is 15.9 Å². The number of hydrogen-bond acceptors (Lipinski definition) is 1. The second-order valence-electron chi connectivity index (χ2n) is 2.29. The smallest absolute Gasteiger partial charge is 0.240 e. The van der Waals surface area contributed by atoms with E-state index >= 15 is 0 Å². The number of rotatable bonds is 2. The van der Waals surface area contributed by atoms with Crippen LogP contribution in [0.25, 0.3) is 0 Å². The predicted molar refractivity (Wildman–Crippen MR) is 51.9 cm³/mol. The van der Waals surface area contributed by atoms with E-state index in [0.29, 0.717) is 5.56 Å². The van der Waals surface area contributed by atoms with E-state index in [1.807, 2.05) is 12.1 Å². The Balaban J connectivity index is 3.02. The van der Waals surface area contributed by atoms with Gasteiger partial charge in [-0.2, -0.15) is 0 Å². The third kappa shape index (κ3) is 1.99. The number of carbonyl (C=O) groups is 1. The first kappa shape index (κ1) is 9.55. The molecule has 64 valence electrons. The van der Waals surface area contributed by atoms with E-state index in [0.717, 1.165) is 4.47 Å². The molecule has 1 unspecified atom stereocenters. The summed E-state index contributed by atoms with van der Waals surface area (Å²) in [5.74, 6) is -0.538. The summed E-state index contributed by atoms with van der Waals surface area (Å²) < 4.78 is 0.795. The van der Waals surface area contributed by atoms with E-state index in [4.69, 9.17) is 17.3 Å². The minimum absolute atomic E-state index is 0.538. The van der Waals surface area contributed by atoms with Crippen LogP contribution in [0.3, 0.4) is 0 Å². The molecule has 2 N–H and O–H groups in total. The van der Waals surface area contributed by atoms with Crippen LogP contribution in [-0.2, 0) is 4.79 Å². The zero-order valence-corrected chi connectivity index (χ0v) is 8.47. The van der Waals surface area contributed by atoms with Crippen LogP contribution in [0, 0.1) is 0 Å². The Hall–Kier alpha value is -0.540. The summed E-state index contributed by atoms with van der Waals surface area (Å²) in [5, 5.41) is -0.763. The third-order valence-electron chi connectivity index (χ3n) is 1.43. The predicted octanol–water partition coefficient (Wildman–Crippen LogP) is 2.21. The van der Waals surface area contributed by atoms with E-state index in [-0.39, 0.29) is 0 Å². The van der Waals surface area contributed by atoms with Crippen molar-refractivity contribution in [1.82, 2.24) is 0 Å². The lowest BCUT2D eigenvalue weighted by Gasteiger charge is -2.06. The van der Waals surface area contributed by atoms with Gasteiger partial charge in [0.1, 0.15) is 5.38 Å². The molecule has 0 saturated carbocycles. The molecule has 1 amide bonds. The van der Waals surface area contributed by atoms with Crippen molar-refractivity contribution in [2.75, 3.05) is 0 Å². The van der Waals surface area contributed by atoms with Crippen molar-refractivity contribution in [2.45, 2.75) is 5.38 Å². The van der Waals surface area contributed by atoms with E-state index in [1.165, 1.54) is 0 Å². The van der Waals surface area contributed by atoms with Crippen LogP contribution in [0.5, 0.6) is 0 Å². The molecule has 0 fully saturated rings. The number of benzene rings is 1. The Morgan fingerprint density at radius 1 is 1.50 bits per heavy atom. The van der Waals surface area contributed by atoms with Gasteiger partial charge in [0.25, 0.3) is 0 Å². The zero-order chi connectivity index (χ0) is 9.14. The first-order chi connectivity index (χ1) is 5.63. The fraction of sp³-hybridized carbons (Fsp3) is 0.125. The molecule has 0 aliphatic heterocycles. The largest absolute Gasteiger partial charge is 0.368 e. The fourth-order valence-electron chi connectivity index (χ4n) is 0.834. The van der Waals surface area contributed by atoms with Gasteiger partial charge in [0.15, 0.2) is 0 Å². The van der Waals surface area contributed by atoms with Crippen molar-refractivity contribution in [3.8, 4) is 0 Å². The van der Waals surface area contributed by atoms with Gasteiger partial charge in [-0.15, -0.1) is 11.6 Å². The van der Waals surface area contributed by atoms with Gasteiger partial charge in [0.2, 0.25) is 5.91 Å². The summed E-state index contributed by atoms with van der Waals surface area (Å²) >= 11 is 9.01. The SMILES string of the molecule is NC(=O)C(Cl)c1ccccc1Br. The molecule has 12 heavy (non-hydrogen) atoms. The van der Waals surface area contributed by atoms with Crippen LogP contribution in [0.2, 0.25) is 0 Å². The van der Waals surface area contributed by atoms with Gasteiger partial charge in [0, 0.05) is 4.47 Å². The maximum atomic E-state index is 10.7. The van der Waals surface area contributed by atoms with E-state index in [1.54, 1.807) is 12.1 Å². The van der Waals surface area contributed by atoms with Gasteiger partial charge < -0.3 is 5.73 Å². The summed E-state index contributed by atoms with van der Waals surface area (Å²) in [6.07, 6.45) is 0. The molecular formula is C8H7BrClNO. The van der Waals surface area contributed by atoms with Gasteiger partial charge in [0.05, 0.1) is 0 Å². The average molecular weight is 249 g/mol. The van der Waals surface area contributed by atoms with Crippen molar-refractivity contribution in [3.05, 3.63) is 34.3 Å². The molecule has 0 spiro atoms. The maximum absolute atomic E-state index is 10.7. The van der Waals surface area contributed by atoms with Crippen LogP contribution in [0.1, 0.15) is 10.9 Å². The number of primary amides is 1. The summed E-state index contributed by atoms with van der Waals surface area (Å²) in [6.45, 7) is 0. The molecule has 0 radical (unpaired) electrons. The van der Waals surface area contributed by atoms with Gasteiger partial charge in [-0.25, -0.2) is 0 Å². The Morgan fingerprint density at radius 2 is 2.08 bits per heavy atom. The van der Waals surface area contributed by atoms with Crippen molar-refractivity contribution < 1.29 is 4.79 Å². The molecular weight excluding hydrogens is 241 g/mol. The molecule has 1 rings (SSSR count). The Bertz CT molecular complexity index is 303. The summed E-state index contributed by atoms with van der Waals surface area (Å²) in [4.78, 5) is 10.7. The highest BCUT2D eigenvalue weighted by atomic mass is 79.9. The summed E-state index contributed by atoms with van der Waals surface area (Å²) in [7, 11) is 0. The molecule has 4 heteroatoms.